The van der Waals surface area contributed by atoms with E-state index in [1.807, 2.05) is 55.6 Å². The smallest absolute Gasteiger partial charge is 0.161 e. The lowest BCUT2D eigenvalue weighted by Gasteiger charge is -2.16. The van der Waals surface area contributed by atoms with Crippen LogP contribution in [0.3, 0.4) is 0 Å². The normalized spacial score (nSPS) is 12.0. The number of nitrogen functional groups attached to an aromatic ring is 1. The van der Waals surface area contributed by atoms with E-state index in [0.29, 0.717) is 29.6 Å². The van der Waals surface area contributed by atoms with Crippen LogP contribution in [0.4, 0.5) is 11.5 Å². The van der Waals surface area contributed by atoms with E-state index in [4.69, 9.17) is 19.9 Å². The number of hydrogen-bond donors (Lipinski definition) is 1. The third-order valence-electron chi connectivity index (χ3n) is 4.81. The first kappa shape index (κ1) is 18.7. The van der Waals surface area contributed by atoms with Crippen molar-refractivity contribution in [3.05, 3.63) is 66.0 Å². The Bertz CT molecular complexity index is 1090. The second-order valence-electron chi connectivity index (χ2n) is 6.49. The average Bonchev–Trinajstić information content (AvgIpc) is 3.18. The molecule has 0 bridgehead atoms. The van der Waals surface area contributed by atoms with E-state index in [1.165, 1.54) is 0 Å². The summed E-state index contributed by atoms with van der Waals surface area (Å²) in [5.41, 5.74) is 11.4. The molecule has 3 aromatic rings. The highest BCUT2D eigenvalue weighted by Crippen LogP contribution is 2.44. The molecule has 0 saturated carbocycles. The maximum atomic E-state index is 5.98. The Kier molecular flexibility index (Phi) is 4.99. The molecule has 147 valence electrons. The zero-order chi connectivity index (χ0) is 20.4. The van der Waals surface area contributed by atoms with Gasteiger partial charge in [0, 0.05) is 40.9 Å². The van der Waals surface area contributed by atoms with Gasteiger partial charge in [-0.25, -0.2) is 10.3 Å². The summed E-state index contributed by atoms with van der Waals surface area (Å²) >= 11 is 0. The van der Waals surface area contributed by atoms with Gasteiger partial charge in [-0.1, -0.05) is 6.07 Å². The van der Waals surface area contributed by atoms with Crippen LogP contribution in [0.2, 0.25) is 0 Å². The first-order chi connectivity index (χ1) is 14.2. The molecule has 1 aliphatic heterocycles. The molecule has 2 aromatic carbocycles. The SMILES string of the molecule is CCOc1cc(N)ccc1-c1ccnc2c1C(c1ccc(OC)c(OC)c1)=C[N]2. The molecular weight excluding hydrogens is 366 g/mol. The summed E-state index contributed by atoms with van der Waals surface area (Å²) in [6.45, 7) is 2.50. The van der Waals surface area contributed by atoms with Gasteiger partial charge >= 0.3 is 0 Å². The number of nitrogens with two attached hydrogens (primary N) is 1. The predicted octanol–water partition coefficient (Wildman–Crippen LogP) is 4.39. The molecule has 2 heterocycles. The number of methoxy groups -OCH3 is 2. The van der Waals surface area contributed by atoms with Crippen molar-refractivity contribution in [2.24, 2.45) is 0 Å². The fourth-order valence-corrected chi connectivity index (χ4v) is 3.49. The van der Waals surface area contributed by atoms with Gasteiger partial charge < -0.3 is 19.9 Å². The largest absolute Gasteiger partial charge is 0.493 e. The van der Waals surface area contributed by atoms with Crippen molar-refractivity contribution in [2.75, 3.05) is 26.6 Å². The van der Waals surface area contributed by atoms with Crippen LogP contribution in [0.1, 0.15) is 18.1 Å². The van der Waals surface area contributed by atoms with Crippen LogP contribution in [0.25, 0.3) is 16.7 Å². The average molecular weight is 388 g/mol. The van der Waals surface area contributed by atoms with Crippen LogP contribution < -0.4 is 25.3 Å². The molecule has 29 heavy (non-hydrogen) atoms. The Morgan fingerprint density at radius 3 is 2.48 bits per heavy atom. The minimum atomic E-state index is 0.548. The number of ether oxygens (including phenoxy) is 3. The van der Waals surface area contributed by atoms with Crippen molar-refractivity contribution in [2.45, 2.75) is 6.92 Å². The van der Waals surface area contributed by atoms with E-state index in [0.717, 1.165) is 33.6 Å². The van der Waals surface area contributed by atoms with Crippen molar-refractivity contribution in [3.63, 3.8) is 0 Å². The third kappa shape index (κ3) is 3.33. The van der Waals surface area contributed by atoms with Crippen LogP contribution in [0.15, 0.2) is 54.9 Å². The molecule has 0 spiro atoms. The molecule has 1 aromatic heterocycles. The van der Waals surface area contributed by atoms with Crippen LogP contribution in [0, 0.1) is 0 Å². The molecule has 6 nitrogen and oxygen atoms in total. The molecule has 0 unspecified atom stereocenters. The van der Waals surface area contributed by atoms with E-state index in [-0.39, 0.29) is 0 Å². The summed E-state index contributed by atoms with van der Waals surface area (Å²) in [6, 6.07) is 13.5. The van der Waals surface area contributed by atoms with Crippen LogP contribution >= 0.6 is 0 Å². The Morgan fingerprint density at radius 1 is 0.897 bits per heavy atom. The monoisotopic (exact) mass is 388 g/mol. The minimum Gasteiger partial charge on any atom is -0.493 e. The maximum absolute atomic E-state index is 5.98. The van der Waals surface area contributed by atoms with Gasteiger partial charge in [0.2, 0.25) is 0 Å². The first-order valence-corrected chi connectivity index (χ1v) is 9.31. The summed E-state index contributed by atoms with van der Waals surface area (Å²) in [5, 5.41) is 4.52. The van der Waals surface area contributed by atoms with E-state index < -0.39 is 0 Å². The number of aromatic nitrogens is 1. The van der Waals surface area contributed by atoms with Gasteiger partial charge in [0.25, 0.3) is 0 Å². The van der Waals surface area contributed by atoms with Gasteiger partial charge in [0.05, 0.1) is 20.8 Å². The molecule has 0 atom stereocenters. The Hall–Kier alpha value is -3.67. The van der Waals surface area contributed by atoms with Gasteiger partial charge in [-0.15, -0.1) is 0 Å². The fraction of sp³-hybridized carbons (Fsp3) is 0.174. The number of fused-ring (bicyclic) bond motifs is 1. The number of anilines is 1. The molecule has 4 rings (SSSR count). The summed E-state index contributed by atoms with van der Waals surface area (Å²) < 4.78 is 16.7. The van der Waals surface area contributed by atoms with Crippen LogP contribution in [-0.4, -0.2) is 25.8 Å². The number of pyridine rings is 1. The van der Waals surface area contributed by atoms with E-state index in [2.05, 4.69) is 10.3 Å². The lowest BCUT2D eigenvalue weighted by Crippen LogP contribution is -1.99. The van der Waals surface area contributed by atoms with E-state index in [1.54, 1.807) is 20.4 Å². The van der Waals surface area contributed by atoms with E-state index >= 15 is 0 Å². The molecular formula is C23H22N3O3. The van der Waals surface area contributed by atoms with Crippen LogP contribution in [-0.2, 0) is 0 Å². The lowest BCUT2D eigenvalue weighted by atomic mass is 9.92. The maximum Gasteiger partial charge on any atom is 0.161 e. The van der Waals surface area contributed by atoms with Gasteiger partial charge in [-0.3, -0.25) is 0 Å². The quantitative estimate of drug-likeness (QED) is 0.634. The number of nitrogens with zero attached hydrogens (tertiary/aromatic N) is 2. The number of rotatable bonds is 6. The van der Waals surface area contributed by atoms with Crippen molar-refractivity contribution in [1.29, 1.82) is 0 Å². The second kappa shape index (κ2) is 7.75. The second-order valence-corrected chi connectivity index (χ2v) is 6.49. The van der Waals surface area contributed by atoms with Gasteiger partial charge in [0.1, 0.15) is 5.75 Å². The van der Waals surface area contributed by atoms with Gasteiger partial charge in [-0.2, -0.15) is 0 Å². The first-order valence-electron chi connectivity index (χ1n) is 9.31. The highest BCUT2D eigenvalue weighted by molar-refractivity contribution is 5.96. The Labute approximate surface area is 169 Å². The summed E-state index contributed by atoms with van der Waals surface area (Å²) in [7, 11) is 3.24. The van der Waals surface area contributed by atoms with Crippen molar-refractivity contribution < 1.29 is 14.2 Å². The summed E-state index contributed by atoms with van der Waals surface area (Å²) in [4.78, 5) is 4.45. The van der Waals surface area contributed by atoms with Gasteiger partial charge in [-0.05, 0) is 48.4 Å². The molecule has 1 aliphatic rings. The standard InChI is InChI=1S/C23H22N3O3/c1-4-29-20-12-15(24)6-7-16(20)17-9-10-25-23-22(17)18(13-26-23)14-5-8-19(27-2)21(11-14)28-3/h5-13H,4,24H2,1-3H3. The predicted molar refractivity (Wildman–Crippen MR) is 114 cm³/mol. The number of hydrogen-bond acceptors (Lipinski definition) is 5. The highest BCUT2D eigenvalue weighted by atomic mass is 16.5. The Balaban J connectivity index is 1.86. The zero-order valence-electron chi connectivity index (χ0n) is 16.6. The van der Waals surface area contributed by atoms with Gasteiger partial charge in [0.15, 0.2) is 17.3 Å². The third-order valence-corrected chi connectivity index (χ3v) is 4.81. The van der Waals surface area contributed by atoms with Crippen LogP contribution in [0.5, 0.6) is 17.2 Å². The lowest BCUT2D eigenvalue weighted by molar-refractivity contribution is 0.342. The summed E-state index contributed by atoms with van der Waals surface area (Å²) in [5.74, 6) is 2.74. The molecule has 1 radical (unpaired) electrons. The summed E-state index contributed by atoms with van der Waals surface area (Å²) in [6.07, 6.45) is 3.59. The van der Waals surface area contributed by atoms with Crippen molar-refractivity contribution in [1.82, 2.24) is 10.3 Å². The fourth-order valence-electron chi connectivity index (χ4n) is 3.49. The van der Waals surface area contributed by atoms with Crippen molar-refractivity contribution in [3.8, 4) is 28.4 Å². The molecule has 2 N–H and O–H groups in total. The molecule has 0 saturated heterocycles. The van der Waals surface area contributed by atoms with E-state index in [9.17, 15) is 0 Å². The minimum absolute atomic E-state index is 0.548. The molecule has 0 aliphatic carbocycles. The zero-order valence-corrected chi connectivity index (χ0v) is 16.6. The molecule has 6 heteroatoms. The topological polar surface area (TPSA) is 80.7 Å². The van der Waals surface area contributed by atoms with Crippen molar-refractivity contribution >= 4 is 17.1 Å². The Morgan fingerprint density at radius 2 is 1.72 bits per heavy atom. The highest BCUT2D eigenvalue weighted by Gasteiger charge is 2.25. The number of benzene rings is 2. The molecule has 0 amide bonds. The molecule has 0 fully saturated rings.